The molecular formula is C40H44N2O6. The molecule has 4 atom stereocenters. The number of nitrogens with one attached hydrogen (secondary N) is 2. The summed E-state index contributed by atoms with van der Waals surface area (Å²) in [6.45, 7) is 11.5. The second-order valence-corrected chi connectivity index (χ2v) is 13.3. The maximum absolute atomic E-state index is 14.3. The predicted molar refractivity (Wildman–Crippen MR) is 188 cm³/mol. The summed E-state index contributed by atoms with van der Waals surface area (Å²) in [6, 6.07) is 24.4. The van der Waals surface area contributed by atoms with Gasteiger partial charge >= 0.3 is 0 Å². The molecule has 0 aliphatic heterocycles. The predicted octanol–water partition coefficient (Wildman–Crippen LogP) is 7.13. The lowest BCUT2D eigenvalue weighted by Crippen LogP contribution is -2.56. The average Bonchev–Trinajstić information content (AvgIpc) is 3.02. The molecule has 48 heavy (non-hydrogen) atoms. The van der Waals surface area contributed by atoms with Crippen molar-refractivity contribution in [3.05, 3.63) is 118 Å². The van der Waals surface area contributed by atoms with E-state index in [1.807, 2.05) is 89.2 Å². The number of Topliss-reactive ketones (excluding diaryl/α,β-unsaturated/α-hetero) is 1. The first-order chi connectivity index (χ1) is 22.8. The number of hydrogen-bond acceptors (Lipinski definition) is 6. The highest BCUT2D eigenvalue weighted by atomic mass is 16.5. The summed E-state index contributed by atoms with van der Waals surface area (Å²) in [4.78, 5) is 42.3. The van der Waals surface area contributed by atoms with Gasteiger partial charge in [-0.05, 0) is 88.1 Å². The van der Waals surface area contributed by atoms with Crippen molar-refractivity contribution in [1.82, 2.24) is 0 Å². The number of rotatable bonds is 9. The summed E-state index contributed by atoms with van der Waals surface area (Å²) in [6.07, 6.45) is -0.367. The molecule has 250 valence electrons. The molecule has 1 fully saturated rings. The number of ketones is 1. The Labute approximate surface area is 282 Å². The first-order valence-electron chi connectivity index (χ1n) is 16.1. The van der Waals surface area contributed by atoms with Crippen LogP contribution >= 0.6 is 0 Å². The minimum Gasteiger partial charge on any atom is -0.493 e. The summed E-state index contributed by atoms with van der Waals surface area (Å²) in [5.41, 5.74) is 5.79. The van der Waals surface area contributed by atoms with Gasteiger partial charge in [-0.1, -0.05) is 71.3 Å². The minimum absolute atomic E-state index is 0.300. The van der Waals surface area contributed by atoms with E-state index in [2.05, 4.69) is 10.6 Å². The van der Waals surface area contributed by atoms with E-state index in [1.165, 1.54) is 14.0 Å². The van der Waals surface area contributed by atoms with Gasteiger partial charge < -0.3 is 25.2 Å². The molecule has 4 aromatic rings. The van der Waals surface area contributed by atoms with Gasteiger partial charge in [-0.3, -0.25) is 14.4 Å². The standard InChI is InChI=1S/C40H44N2O6/c1-23-8-12-28(13-9-23)22-48-33-17-14-29(20-34(33)47-7)35-36(38(44)41-30-15-10-24(2)18-26(30)4)32(43)21-40(6,46)37(35)39(45)42-31-16-11-25(3)19-27(31)5/h8-20,35-37,46H,21-22H2,1-7H3,(H,41,44)(H,42,45). The zero-order chi connectivity index (χ0) is 34.7. The Kier molecular flexibility index (Phi) is 10.1. The number of aryl methyl sites for hydroxylation is 5. The zero-order valence-corrected chi connectivity index (χ0v) is 28.6. The SMILES string of the molecule is COc1cc(C2C(C(=O)Nc3ccc(C)cc3C)C(=O)CC(C)(O)C2C(=O)Nc2ccc(C)cc2C)ccc1OCc1ccc(C)cc1. The van der Waals surface area contributed by atoms with Crippen molar-refractivity contribution >= 4 is 29.0 Å². The molecule has 1 aliphatic rings. The largest absolute Gasteiger partial charge is 0.493 e. The number of carbonyl (C=O) groups excluding carboxylic acids is 3. The van der Waals surface area contributed by atoms with E-state index in [1.54, 1.807) is 24.3 Å². The van der Waals surface area contributed by atoms with Crippen molar-refractivity contribution < 1.29 is 29.0 Å². The first-order valence-corrected chi connectivity index (χ1v) is 16.1. The summed E-state index contributed by atoms with van der Waals surface area (Å²) >= 11 is 0. The molecule has 0 aromatic heterocycles. The van der Waals surface area contributed by atoms with Crippen molar-refractivity contribution in [3.63, 3.8) is 0 Å². The summed E-state index contributed by atoms with van der Waals surface area (Å²) in [5, 5.41) is 17.7. The zero-order valence-electron chi connectivity index (χ0n) is 28.6. The fraction of sp³-hybridized carbons (Fsp3) is 0.325. The number of ether oxygens (including phenoxy) is 2. The Morgan fingerprint density at radius 2 is 1.33 bits per heavy atom. The van der Waals surface area contributed by atoms with E-state index < -0.39 is 41.0 Å². The Hall–Kier alpha value is -4.95. The molecule has 4 unspecified atom stereocenters. The Morgan fingerprint density at radius 3 is 1.90 bits per heavy atom. The van der Waals surface area contributed by atoms with E-state index >= 15 is 0 Å². The highest BCUT2D eigenvalue weighted by Gasteiger charge is 2.56. The van der Waals surface area contributed by atoms with Crippen LogP contribution in [0.2, 0.25) is 0 Å². The van der Waals surface area contributed by atoms with Crippen molar-refractivity contribution in [1.29, 1.82) is 0 Å². The molecule has 3 N–H and O–H groups in total. The third-order valence-electron chi connectivity index (χ3n) is 9.20. The highest BCUT2D eigenvalue weighted by molar-refractivity contribution is 6.10. The van der Waals surface area contributed by atoms with Crippen LogP contribution in [0, 0.1) is 46.5 Å². The summed E-state index contributed by atoms with van der Waals surface area (Å²) in [7, 11) is 1.51. The molecule has 4 aromatic carbocycles. The van der Waals surface area contributed by atoms with Crippen LogP contribution in [0.5, 0.6) is 11.5 Å². The lowest BCUT2D eigenvalue weighted by Gasteiger charge is -2.44. The van der Waals surface area contributed by atoms with Crippen LogP contribution in [-0.4, -0.2) is 35.4 Å². The number of amides is 2. The third-order valence-corrected chi connectivity index (χ3v) is 9.20. The molecule has 0 spiro atoms. The quantitative estimate of drug-likeness (QED) is 0.166. The number of anilines is 2. The van der Waals surface area contributed by atoms with Crippen molar-refractivity contribution in [2.75, 3.05) is 17.7 Å². The summed E-state index contributed by atoms with van der Waals surface area (Å²) < 4.78 is 11.8. The van der Waals surface area contributed by atoms with Crippen LogP contribution < -0.4 is 20.1 Å². The molecule has 2 amide bonds. The van der Waals surface area contributed by atoms with Crippen molar-refractivity contribution in [2.24, 2.45) is 11.8 Å². The molecule has 1 saturated carbocycles. The lowest BCUT2D eigenvalue weighted by molar-refractivity contribution is -0.150. The smallest absolute Gasteiger partial charge is 0.235 e. The van der Waals surface area contributed by atoms with Gasteiger partial charge in [-0.25, -0.2) is 0 Å². The van der Waals surface area contributed by atoms with Gasteiger partial charge in [0.15, 0.2) is 11.5 Å². The Balaban J connectivity index is 1.56. The molecule has 5 rings (SSSR count). The Morgan fingerprint density at radius 1 is 0.771 bits per heavy atom. The van der Waals surface area contributed by atoms with E-state index in [0.717, 1.165) is 33.4 Å². The van der Waals surface area contributed by atoms with Crippen molar-refractivity contribution in [3.8, 4) is 11.5 Å². The highest BCUT2D eigenvalue weighted by Crippen LogP contribution is 2.48. The van der Waals surface area contributed by atoms with E-state index in [-0.39, 0.29) is 6.42 Å². The van der Waals surface area contributed by atoms with Gasteiger partial charge in [-0.15, -0.1) is 0 Å². The van der Waals surface area contributed by atoms with Gasteiger partial charge in [0, 0.05) is 23.7 Å². The van der Waals surface area contributed by atoms with Gasteiger partial charge in [0.2, 0.25) is 11.8 Å². The van der Waals surface area contributed by atoms with Gasteiger partial charge in [0.25, 0.3) is 0 Å². The molecule has 8 nitrogen and oxygen atoms in total. The molecular weight excluding hydrogens is 604 g/mol. The monoisotopic (exact) mass is 648 g/mol. The van der Waals surface area contributed by atoms with E-state index in [4.69, 9.17) is 9.47 Å². The van der Waals surface area contributed by atoms with Gasteiger partial charge in [-0.2, -0.15) is 0 Å². The van der Waals surface area contributed by atoms with E-state index in [0.29, 0.717) is 35.0 Å². The molecule has 0 saturated heterocycles. The Bertz CT molecular complexity index is 1850. The number of methoxy groups -OCH3 is 1. The first kappa shape index (κ1) is 34.4. The normalized spacial score (nSPS) is 20.6. The lowest BCUT2D eigenvalue weighted by atomic mass is 9.61. The molecule has 8 heteroatoms. The van der Waals surface area contributed by atoms with E-state index in [9.17, 15) is 19.5 Å². The number of hydrogen-bond donors (Lipinski definition) is 3. The fourth-order valence-corrected chi connectivity index (χ4v) is 6.68. The van der Waals surface area contributed by atoms with Crippen LogP contribution in [0.25, 0.3) is 0 Å². The van der Waals surface area contributed by atoms with Crippen molar-refractivity contribution in [2.45, 2.75) is 66.1 Å². The number of aliphatic hydroxyl groups is 1. The maximum Gasteiger partial charge on any atom is 0.235 e. The number of benzene rings is 4. The topological polar surface area (TPSA) is 114 Å². The maximum atomic E-state index is 14.3. The summed E-state index contributed by atoms with van der Waals surface area (Å²) in [5.74, 6) is -4.13. The van der Waals surface area contributed by atoms with Crippen LogP contribution in [0.1, 0.15) is 58.2 Å². The van der Waals surface area contributed by atoms with Crippen LogP contribution in [0.3, 0.4) is 0 Å². The second-order valence-electron chi connectivity index (χ2n) is 13.3. The fourth-order valence-electron chi connectivity index (χ4n) is 6.68. The molecule has 0 heterocycles. The second kappa shape index (κ2) is 14.0. The van der Waals surface area contributed by atoms with Gasteiger partial charge in [0.05, 0.1) is 18.6 Å². The van der Waals surface area contributed by atoms with Crippen LogP contribution in [0.15, 0.2) is 78.9 Å². The molecule has 1 aliphatic carbocycles. The number of carbonyl (C=O) groups is 3. The minimum atomic E-state index is -1.76. The third kappa shape index (κ3) is 7.44. The average molecular weight is 649 g/mol. The molecule has 0 bridgehead atoms. The van der Waals surface area contributed by atoms with Gasteiger partial charge in [0.1, 0.15) is 18.3 Å². The molecule has 0 radical (unpaired) electrons. The van der Waals surface area contributed by atoms with Crippen LogP contribution in [-0.2, 0) is 21.0 Å². The van der Waals surface area contributed by atoms with Crippen LogP contribution in [0.4, 0.5) is 11.4 Å².